The van der Waals surface area contributed by atoms with Gasteiger partial charge in [0.15, 0.2) is 5.60 Å². The summed E-state index contributed by atoms with van der Waals surface area (Å²) >= 11 is 0. The van der Waals surface area contributed by atoms with Crippen LogP contribution in [0.1, 0.15) is 38.2 Å². The highest BCUT2D eigenvalue weighted by atomic mass is 16.5. The number of hydrogen-bond acceptors (Lipinski definition) is 3. The Balaban J connectivity index is 2.35. The van der Waals surface area contributed by atoms with Crippen LogP contribution in [0.2, 0.25) is 0 Å². The van der Waals surface area contributed by atoms with Gasteiger partial charge in [0.2, 0.25) is 0 Å². The van der Waals surface area contributed by atoms with Gasteiger partial charge < -0.3 is 9.84 Å². The van der Waals surface area contributed by atoms with Crippen LogP contribution in [0.5, 0.6) is 0 Å². The second kappa shape index (κ2) is 7.41. The van der Waals surface area contributed by atoms with Crippen molar-refractivity contribution in [3.63, 3.8) is 0 Å². The first-order chi connectivity index (χ1) is 10.6. The highest BCUT2D eigenvalue weighted by Crippen LogP contribution is 2.38. The number of carbonyl (C=O) groups is 1. The molecule has 0 amide bonds. The molecule has 0 aromatic heterocycles. The van der Waals surface area contributed by atoms with Gasteiger partial charge in [-0.2, -0.15) is 0 Å². The summed E-state index contributed by atoms with van der Waals surface area (Å²) in [6, 6.07) is 9.66. The van der Waals surface area contributed by atoms with E-state index in [9.17, 15) is 9.90 Å². The summed E-state index contributed by atoms with van der Waals surface area (Å²) in [4.78, 5) is 12.3. The summed E-state index contributed by atoms with van der Waals surface area (Å²) in [5, 5.41) is 11.1. The fourth-order valence-electron chi connectivity index (χ4n) is 3.16. The molecule has 0 aliphatic heterocycles. The third-order valence-corrected chi connectivity index (χ3v) is 4.40. The van der Waals surface area contributed by atoms with Gasteiger partial charge in [0.25, 0.3) is 0 Å². The van der Waals surface area contributed by atoms with Crippen LogP contribution in [-0.2, 0) is 9.53 Å². The number of rotatable bonds is 4. The van der Waals surface area contributed by atoms with Crippen molar-refractivity contribution in [2.24, 2.45) is 5.92 Å². The van der Waals surface area contributed by atoms with Crippen LogP contribution in [0.3, 0.4) is 0 Å². The van der Waals surface area contributed by atoms with Crippen LogP contribution in [-0.4, -0.2) is 23.8 Å². The number of esters is 1. The summed E-state index contributed by atoms with van der Waals surface area (Å²) in [5.41, 5.74) is 0.479. The third-order valence-electron chi connectivity index (χ3n) is 4.40. The van der Waals surface area contributed by atoms with Crippen molar-refractivity contribution >= 4 is 12.0 Å². The summed E-state index contributed by atoms with van der Waals surface area (Å²) < 4.78 is 4.88. The van der Waals surface area contributed by atoms with E-state index < -0.39 is 11.6 Å². The van der Waals surface area contributed by atoms with E-state index in [1.54, 1.807) is 12.2 Å². The Morgan fingerprint density at radius 1 is 1.32 bits per heavy atom. The Kier molecular flexibility index (Phi) is 5.56. The van der Waals surface area contributed by atoms with E-state index in [2.05, 4.69) is 0 Å². The highest BCUT2D eigenvalue weighted by molar-refractivity contribution is 5.84. The van der Waals surface area contributed by atoms with Crippen LogP contribution in [0.4, 0.5) is 0 Å². The Morgan fingerprint density at radius 3 is 2.68 bits per heavy atom. The molecule has 1 aliphatic carbocycles. The van der Waals surface area contributed by atoms with Gasteiger partial charge in [-0.1, -0.05) is 54.5 Å². The van der Waals surface area contributed by atoms with E-state index in [0.29, 0.717) is 0 Å². The Labute approximate surface area is 132 Å². The number of allylic oxidation sites excluding steroid dienone is 1. The topological polar surface area (TPSA) is 46.5 Å². The second-order valence-electron chi connectivity index (χ2n) is 5.72. The number of aliphatic hydroxyl groups is 1. The standard InChI is InChI=1S/C19H24O3/c1-3-16-11-7-8-12-17(16)19(21,18(20)22-2)14-13-15-9-5-4-6-10-15/h3-6,9-10,13-14,17,21H,7-8,11-12H2,1-2H3/b14-13+,16-3+/t17-,19-/m1/s1. The van der Waals surface area contributed by atoms with Crippen LogP contribution in [0.25, 0.3) is 6.08 Å². The smallest absolute Gasteiger partial charge is 0.342 e. The SMILES string of the molecule is C/C=C1\CCCC[C@H]1[C@](O)(/C=C/c1ccccc1)C(=O)OC. The van der Waals surface area contributed by atoms with E-state index in [0.717, 1.165) is 36.8 Å². The molecular formula is C19H24O3. The number of hydrogen-bond donors (Lipinski definition) is 1. The Bertz CT molecular complexity index is 559. The summed E-state index contributed by atoms with van der Waals surface area (Å²) in [6.45, 7) is 1.96. The van der Waals surface area contributed by atoms with Crippen molar-refractivity contribution in [1.82, 2.24) is 0 Å². The summed E-state index contributed by atoms with van der Waals surface area (Å²) in [5.74, 6) is -0.801. The molecule has 0 bridgehead atoms. The molecule has 2 rings (SSSR count). The fraction of sp³-hybridized carbons (Fsp3) is 0.421. The Morgan fingerprint density at radius 2 is 2.05 bits per heavy atom. The number of carbonyl (C=O) groups excluding carboxylic acids is 1. The Hall–Kier alpha value is -1.87. The minimum Gasteiger partial charge on any atom is -0.467 e. The van der Waals surface area contributed by atoms with E-state index in [4.69, 9.17) is 4.74 Å². The zero-order chi connectivity index (χ0) is 16.0. The maximum absolute atomic E-state index is 12.3. The molecule has 1 aliphatic rings. The lowest BCUT2D eigenvalue weighted by Gasteiger charge is -2.36. The lowest BCUT2D eigenvalue weighted by atomic mass is 9.73. The molecule has 0 heterocycles. The van der Waals surface area contributed by atoms with Gasteiger partial charge >= 0.3 is 5.97 Å². The molecule has 0 radical (unpaired) electrons. The molecule has 118 valence electrons. The molecule has 1 aromatic rings. The van der Waals surface area contributed by atoms with Crippen LogP contribution in [0.15, 0.2) is 48.1 Å². The van der Waals surface area contributed by atoms with Crippen LogP contribution >= 0.6 is 0 Å². The van der Waals surface area contributed by atoms with E-state index >= 15 is 0 Å². The molecule has 1 aromatic carbocycles. The van der Waals surface area contributed by atoms with Crippen molar-refractivity contribution in [2.75, 3.05) is 7.11 Å². The van der Waals surface area contributed by atoms with Crippen molar-refractivity contribution in [2.45, 2.75) is 38.2 Å². The first kappa shape index (κ1) is 16.5. The first-order valence-corrected chi connectivity index (χ1v) is 7.82. The quantitative estimate of drug-likeness (QED) is 0.680. The number of ether oxygens (including phenoxy) is 1. The molecule has 22 heavy (non-hydrogen) atoms. The molecule has 0 saturated heterocycles. The average Bonchev–Trinajstić information content (AvgIpc) is 2.59. The largest absolute Gasteiger partial charge is 0.467 e. The monoisotopic (exact) mass is 300 g/mol. The minimum atomic E-state index is -1.60. The molecule has 3 nitrogen and oxygen atoms in total. The van der Waals surface area contributed by atoms with Crippen LogP contribution in [0, 0.1) is 5.92 Å². The predicted molar refractivity (Wildman–Crippen MR) is 88.2 cm³/mol. The fourth-order valence-corrected chi connectivity index (χ4v) is 3.16. The molecule has 1 saturated carbocycles. The average molecular weight is 300 g/mol. The number of methoxy groups -OCH3 is 1. The first-order valence-electron chi connectivity index (χ1n) is 7.82. The van der Waals surface area contributed by atoms with Gasteiger partial charge in [-0.25, -0.2) is 4.79 Å². The zero-order valence-electron chi connectivity index (χ0n) is 13.3. The molecule has 2 atom stereocenters. The maximum atomic E-state index is 12.3. The number of benzene rings is 1. The predicted octanol–water partition coefficient (Wildman–Crippen LogP) is 3.74. The van der Waals surface area contributed by atoms with Crippen molar-refractivity contribution in [3.05, 3.63) is 53.6 Å². The third kappa shape index (κ3) is 3.47. The van der Waals surface area contributed by atoms with E-state index in [1.807, 2.05) is 43.3 Å². The van der Waals surface area contributed by atoms with Crippen molar-refractivity contribution < 1.29 is 14.6 Å². The second-order valence-corrected chi connectivity index (χ2v) is 5.72. The van der Waals surface area contributed by atoms with Crippen LogP contribution < -0.4 is 0 Å². The molecule has 0 spiro atoms. The normalized spacial score (nSPS) is 23.4. The van der Waals surface area contributed by atoms with Crippen molar-refractivity contribution in [3.8, 4) is 0 Å². The lowest BCUT2D eigenvalue weighted by Crippen LogP contribution is -2.46. The molecule has 1 N–H and O–H groups in total. The molecule has 0 unspecified atom stereocenters. The molecule has 3 heteroatoms. The highest BCUT2D eigenvalue weighted by Gasteiger charge is 2.44. The van der Waals surface area contributed by atoms with E-state index in [1.165, 1.54) is 7.11 Å². The van der Waals surface area contributed by atoms with Gasteiger partial charge in [0, 0.05) is 5.92 Å². The summed E-state index contributed by atoms with van der Waals surface area (Å²) in [7, 11) is 1.32. The van der Waals surface area contributed by atoms with Crippen molar-refractivity contribution in [1.29, 1.82) is 0 Å². The van der Waals surface area contributed by atoms with Gasteiger partial charge in [-0.15, -0.1) is 0 Å². The van der Waals surface area contributed by atoms with Gasteiger partial charge in [-0.05, 0) is 37.8 Å². The molecule has 1 fully saturated rings. The van der Waals surface area contributed by atoms with E-state index in [-0.39, 0.29) is 5.92 Å². The maximum Gasteiger partial charge on any atom is 0.342 e. The summed E-state index contributed by atoms with van der Waals surface area (Å²) in [6.07, 6.45) is 9.25. The lowest BCUT2D eigenvalue weighted by molar-refractivity contribution is -0.161. The van der Waals surface area contributed by atoms with Gasteiger partial charge in [0.1, 0.15) is 0 Å². The zero-order valence-corrected chi connectivity index (χ0v) is 13.3. The minimum absolute atomic E-state index is 0.210. The molecular weight excluding hydrogens is 276 g/mol. The van der Waals surface area contributed by atoms with Gasteiger partial charge in [-0.3, -0.25) is 0 Å². The van der Waals surface area contributed by atoms with Gasteiger partial charge in [0.05, 0.1) is 7.11 Å².